The number of nitrogens with zero attached hydrogens (tertiary/aromatic N) is 1. The van der Waals surface area contributed by atoms with Crippen LogP contribution in [0.3, 0.4) is 0 Å². The highest BCUT2D eigenvalue weighted by Gasteiger charge is 2.17. The number of carbonyl (C=O) groups is 1. The Morgan fingerprint density at radius 2 is 1.50 bits per heavy atom. The molecule has 0 spiro atoms. The summed E-state index contributed by atoms with van der Waals surface area (Å²) in [6.07, 6.45) is 2.15. The van der Waals surface area contributed by atoms with Gasteiger partial charge in [0.1, 0.15) is 17.9 Å². The number of hydrogen-bond acceptors (Lipinski definition) is 3. The Kier molecular flexibility index (Phi) is 6.35. The van der Waals surface area contributed by atoms with E-state index in [1.807, 2.05) is 66.7 Å². The summed E-state index contributed by atoms with van der Waals surface area (Å²) in [4.78, 5) is 17.0. The summed E-state index contributed by atoms with van der Waals surface area (Å²) in [5, 5.41) is 4.02. The fourth-order valence-electron chi connectivity index (χ4n) is 3.60. The number of carbonyl (C=O) groups excluding carboxylic acids is 1. The summed E-state index contributed by atoms with van der Waals surface area (Å²) in [7, 11) is 0. The van der Waals surface area contributed by atoms with Gasteiger partial charge in [-0.25, -0.2) is 0 Å². The fraction of sp³-hybridized carbons (Fsp3) is 0.154. The number of para-hydroxylation sites is 1. The molecule has 0 saturated carbocycles. The molecule has 1 N–H and O–H groups in total. The highest BCUT2D eigenvalue weighted by Crippen LogP contribution is 2.27. The fourth-order valence-corrected chi connectivity index (χ4v) is 3.60. The molecule has 3 aromatic carbocycles. The number of benzene rings is 3. The Morgan fingerprint density at radius 3 is 2.20 bits per heavy atom. The van der Waals surface area contributed by atoms with Crippen LogP contribution in [-0.2, 0) is 4.79 Å². The first kappa shape index (κ1) is 19.6. The van der Waals surface area contributed by atoms with Crippen LogP contribution in [0.1, 0.15) is 23.5 Å². The number of nitrogens with one attached hydrogen (secondary N) is 1. The Hall–Kier alpha value is -3.66. The third-order valence-corrected chi connectivity index (χ3v) is 5.07. The van der Waals surface area contributed by atoms with Crippen molar-refractivity contribution in [2.75, 3.05) is 13.2 Å². The van der Waals surface area contributed by atoms with E-state index in [4.69, 9.17) is 4.74 Å². The Labute approximate surface area is 176 Å². The van der Waals surface area contributed by atoms with Crippen molar-refractivity contribution >= 4 is 16.8 Å². The van der Waals surface area contributed by atoms with E-state index < -0.39 is 0 Å². The first-order chi connectivity index (χ1) is 14.8. The van der Waals surface area contributed by atoms with Gasteiger partial charge in [0, 0.05) is 23.9 Å². The van der Waals surface area contributed by atoms with Crippen molar-refractivity contribution in [1.82, 2.24) is 10.3 Å². The summed E-state index contributed by atoms with van der Waals surface area (Å²) in [6, 6.07) is 30.1. The van der Waals surface area contributed by atoms with Gasteiger partial charge in [0.05, 0.1) is 6.54 Å². The topological polar surface area (TPSA) is 51.2 Å². The summed E-state index contributed by atoms with van der Waals surface area (Å²) in [6.45, 7) is 0.834. The van der Waals surface area contributed by atoms with Gasteiger partial charge >= 0.3 is 0 Å². The Morgan fingerprint density at radius 1 is 0.833 bits per heavy atom. The maximum atomic E-state index is 12.6. The second kappa shape index (κ2) is 9.70. The molecule has 1 heterocycles. The molecule has 0 aliphatic rings. The van der Waals surface area contributed by atoms with Gasteiger partial charge in [-0.05, 0) is 23.3 Å². The van der Waals surface area contributed by atoms with Crippen molar-refractivity contribution in [2.45, 2.75) is 12.3 Å². The number of fused-ring (bicyclic) bond motifs is 1. The van der Waals surface area contributed by atoms with Gasteiger partial charge in [-0.1, -0.05) is 78.9 Å². The summed E-state index contributed by atoms with van der Waals surface area (Å²) >= 11 is 0. The standard InChI is InChI=1S/C26H24N2O2/c29-25(19-23(20-9-3-1-4-10-20)21-11-5-2-6-12-21)27-17-18-30-24-15-7-13-22-14-8-16-28-26(22)24/h1-16,23H,17-19H2,(H,27,29). The smallest absolute Gasteiger partial charge is 0.221 e. The van der Waals surface area contributed by atoms with E-state index in [2.05, 4.69) is 34.6 Å². The van der Waals surface area contributed by atoms with Gasteiger partial charge < -0.3 is 10.1 Å². The molecule has 0 aliphatic heterocycles. The van der Waals surface area contributed by atoms with Crippen molar-refractivity contribution in [3.63, 3.8) is 0 Å². The molecule has 30 heavy (non-hydrogen) atoms. The lowest BCUT2D eigenvalue weighted by atomic mass is 9.88. The zero-order valence-corrected chi connectivity index (χ0v) is 16.7. The molecule has 0 radical (unpaired) electrons. The zero-order chi connectivity index (χ0) is 20.6. The molecule has 0 bridgehead atoms. The average Bonchev–Trinajstić information content (AvgIpc) is 2.81. The summed E-state index contributed by atoms with van der Waals surface area (Å²) < 4.78 is 5.87. The molecule has 4 nitrogen and oxygen atoms in total. The Balaban J connectivity index is 1.35. The molecule has 0 aliphatic carbocycles. The SMILES string of the molecule is O=C(CC(c1ccccc1)c1ccccc1)NCCOc1cccc2cccnc12. The highest BCUT2D eigenvalue weighted by molar-refractivity contribution is 5.84. The Bertz CT molecular complexity index is 1050. The molecule has 4 aromatic rings. The van der Waals surface area contributed by atoms with Gasteiger partial charge in [-0.2, -0.15) is 0 Å². The van der Waals surface area contributed by atoms with Crippen LogP contribution in [0.15, 0.2) is 97.2 Å². The molecule has 0 fully saturated rings. The molecule has 4 heteroatoms. The molecular formula is C26H24N2O2. The first-order valence-electron chi connectivity index (χ1n) is 10.1. The van der Waals surface area contributed by atoms with Crippen molar-refractivity contribution < 1.29 is 9.53 Å². The number of amides is 1. The molecule has 0 atom stereocenters. The van der Waals surface area contributed by atoms with Crippen LogP contribution in [0.25, 0.3) is 10.9 Å². The zero-order valence-electron chi connectivity index (χ0n) is 16.7. The number of rotatable bonds is 8. The van der Waals surface area contributed by atoms with E-state index in [0.717, 1.165) is 27.8 Å². The molecule has 0 saturated heterocycles. The minimum atomic E-state index is 0.00681. The minimum Gasteiger partial charge on any atom is -0.489 e. The van der Waals surface area contributed by atoms with Crippen LogP contribution in [0.2, 0.25) is 0 Å². The van der Waals surface area contributed by atoms with E-state index in [9.17, 15) is 4.79 Å². The highest BCUT2D eigenvalue weighted by atomic mass is 16.5. The predicted octanol–water partition coefficient (Wildman–Crippen LogP) is 4.95. The third kappa shape index (κ3) is 4.84. The van der Waals surface area contributed by atoms with Gasteiger partial charge in [0.2, 0.25) is 5.91 Å². The van der Waals surface area contributed by atoms with Gasteiger partial charge in [-0.3, -0.25) is 9.78 Å². The van der Waals surface area contributed by atoms with Crippen molar-refractivity contribution in [2.24, 2.45) is 0 Å². The number of ether oxygens (including phenoxy) is 1. The quantitative estimate of drug-likeness (QED) is 0.429. The number of pyridine rings is 1. The lowest BCUT2D eigenvalue weighted by Crippen LogP contribution is -2.29. The molecule has 0 unspecified atom stereocenters. The van der Waals surface area contributed by atoms with Crippen molar-refractivity contribution in [3.05, 3.63) is 108 Å². The number of aromatic nitrogens is 1. The minimum absolute atomic E-state index is 0.00681. The average molecular weight is 396 g/mol. The molecule has 150 valence electrons. The van der Waals surface area contributed by atoms with Crippen LogP contribution < -0.4 is 10.1 Å². The number of hydrogen-bond donors (Lipinski definition) is 1. The van der Waals surface area contributed by atoms with Gasteiger partial charge in [0.15, 0.2) is 0 Å². The third-order valence-electron chi connectivity index (χ3n) is 5.07. The molecule has 1 amide bonds. The van der Waals surface area contributed by atoms with Gasteiger partial charge in [-0.15, -0.1) is 0 Å². The van der Waals surface area contributed by atoms with Crippen molar-refractivity contribution in [3.8, 4) is 5.75 Å². The van der Waals surface area contributed by atoms with E-state index >= 15 is 0 Å². The van der Waals surface area contributed by atoms with E-state index in [1.165, 1.54) is 0 Å². The molecule has 1 aromatic heterocycles. The van der Waals surface area contributed by atoms with Crippen molar-refractivity contribution in [1.29, 1.82) is 0 Å². The molecular weight excluding hydrogens is 372 g/mol. The largest absolute Gasteiger partial charge is 0.489 e. The maximum Gasteiger partial charge on any atom is 0.221 e. The monoisotopic (exact) mass is 396 g/mol. The van der Waals surface area contributed by atoms with Gasteiger partial charge in [0.25, 0.3) is 0 Å². The van der Waals surface area contributed by atoms with Crippen LogP contribution in [0.4, 0.5) is 0 Å². The summed E-state index contributed by atoms with van der Waals surface area (Å²) in [5.74, 6) is 0.761. The van der Waals surface area contributed by atoms with Crippen LogP contribution in [0, 0.1) is 0 Å². The second-order valence-electron chi connectivity index (χ2n) is 7.11. The maximum absolute atomic E-state index is 12.6. The van der Waals surface area contributed by atoms with E-state index in [0.29, 0.717) is 19.6 Å². The predicted molar refractivity (Wildman–Crippen MR) is 120 cm³/mol. The van der Waals surface area contributed by atoms with Crippen LogP contribution >= 0.6 is 0 Å². The normalized spacial score (nSPS) is 10.8. The second-order valence-corrected chi connectivity index (χ2v) is 7.11. The van der Waals surface area contributed by atoms with Crippen LogP contribution in [0.5, 0.6) is 5.75 Å². The van der Waals surface area contributed by atoms with E-state index in [1.54, 1.807) is 6.20 Å². The lowest BCUT2D eigenvalue weighted by molar-refractivity contribution is -0.121. The first-order valence-corrected chi connectivity index (χ1v) is 10.1. The lowest BCUT2D eigenvalue weighted by Gasteiger charge is -2.18. The summed E-state index contributed by atoms with van der Waals surface area (Å²) in [5.41, 5.74) is 3.11. The van der Waals surface area contributed by atoms with E-state index in [-0.39, 0.29) is 11.8 Å². The molecule has 4 rings (SSSR count). The van der Waals surface area contributed by atoms with Crippen LogP contribution in [-0.4, -0.2) is 24.0 Å².